The highest BCUT2D eigenvalue weighted by Crippen LogP contribution is 2.26. The van der Waals surface area contributed by atoms with Gasteiger partial charge < -0.3 is 10.2 Å². The molecule has 1 aromatic carbocycles. The molecule has 1 saturated heterocycles. The lowest BCUT2D eigenvalue weighted by Gasteiger charge is -2.35. The molecule has 0 spiro atoms. The van der Waals surface area contributed by atoms with Gasteiger partial charge in [-0.3, -0.25) is 4.79 Å². The summed E-state index contributed by atoms with van der Waals surface area (Å²) in [4.78, 5) is 14.5. The second-order valence-corrected chi connectivity index (χ2v) is 8.91. The number of nitrogens with one attached hydrogen (secondary N) is 1. The van der Waals surface area contributed by atoms with Crippen molar-refractivity contribution in [1.82, 2.24) is 14.5 Å². The van der Waals surface area contributed by atoms with Crippen LogP contribution in [0, 0.1) is 5.92 Å². The highest BCUT2D eigenvalue weighted by Gasteiger charge is 2.31. The third-order valence-corrected chi connectivity index (χ3v) is 7.08. The zero-order valence-electron chi connectivity index (χ0n) is 15.4. The minimum Gasteiger partial charge on any atom is -0.340 e. The molecular formula is C18H28ClN3O3S. The van der Waals surface area contributed by atoms with E-state index in [1.54, 1.807) is 11.0 Å². The average Bonchev–Trinajstić information content (AvgIpc) is 3.09. The third-order valence-electron chi connectivity index (χ3n) is 5.19. The van der Waals surface area contributed by atoms with E-state index in [2.05, 4.69) is 5.32 Å². The number of sulfonamides is 1. The van der Waals surface area contributed by atoms with Crippen molar-refractivity contribution in [1.29, 1.82) is 0 Å². The Morgan fingerprint density at radius 1 is 1.15 bits per heavy atom. The molecular weight excluding hydrogens is 374 g/mol. The summed E-state index contributed by atoms with van der Waals surface area (Å²) in [7, 11) is -1.66. The van der Waals surface area contributed by atoms with Crippen LogP contribution in [0.3, 0.4) is 0 Å². The monoisotopic (exact) mass is 401 g/mol. The summed E-state index contributed by atoms with van der Waals surface area (Å²) in [6.45, 7) is 4.15. The molecule has 0 radical (unpaired) electrons. The minimum atomic E-state index is -3.48. The number of hydrogen-bond acceptors (Lipinski definition) is 4. The van der Waals surface area contributed by atoms with E-state index in [0.717, 1.165) is 24.8 Å². The lowest BCUT2D eigenvalue weighted by atomic mass is 10.1. The molecule has 0 bridgehead atoms. The van der Waals surface area contributed by atoms with Crippen LogP contribution < -0.4 is 5.32 Å². The van der Waals surface area contributed by atoms with Crippen molar-refractivity contribution in [3.63, 3.8) is 0 Å². The quantitative estimate of drug-likeness (QED) is 0.807. The number of piperazine rings is 1. The fourth-order valence-electron chi connectivity index (χ4n) is 3.71. The number of benzene rings is 1. The van der Waals surface area contributed by atoms with Crippen LogP contribution in [0.4, 0.5) is 0 Å². The summed E-state index contributed by atoms with van der Waals surface area (Å²) < 4.78 is 27.3. The second kappa shape index (κ2) is 8.69. The number of carbonyl (C=O) groups is 1. The Labute approximate surface area is 162 Å². The molecule has 146 valence electrons. The average molecular weight is 402 g/mol. The van der Waals surface area contributed by atoms with Crippen LogP contribution in [0.25, 0.3) is 0 Å². The maximum Gasteiger partial charge on any atom is 0.243 e. The molecule has 1 unspecified atom stereocenters. The Morgan fingerprint density at radius 3 is 2.46 bits per heavy atom. The van der Waals surface area contributed by atoms with Gasteiger partial charge in [0, 0.05) is 38.6 Å². The maximum atomic E-state index is 12.9. The number of carbonyl (C=O) groups excluding carboxylic acids is 1. The normalized spacial score (nSPS) is 18.9. The second-order valence-electron chi connectivity index (χ2n) is 6.97. The van der Waals surface area contributed by atoms with Crippen molar-refractivity contribution in [3.8, 4) is 0 Å². The summed E-state index contributed by atoms with van der Waals surface area (Å²) in [6.07, 6.45) is 3.11. The highest BCUT2D eigenvalue weighted by atomic mass is 35.5. The van der Waals surface area contributed by atoms with Crippen molar-refractivity contribution in [3.05, 3.63) is 29.3 Å². The van der Waals surface area contributed by atoms with E-state index in [0.29, 0.717) is 37.6 Å². The van der Waals surface area contributed by atoms with Crippen LogP contribution >= 0.6 is 12.4 Å². The van der Waals surface area contributed by atoms with Gasteiger partial charge in [-0.15, -0.1) is 12.4 Å². The highest BCUT2D eigenvalue weighted by molar-refractivity contribution is 7.89. The van der Waals surface area contributed by atoms with Gasteiger partial charge in [0.05, 0.1) is 4.90 Å². The number of halogens is 1. The van der Waals surface area contributed by atoms with E-state index in [9.17, 15) is 13.2 Å². The molecule has 1 aromatic rings. The van der Waals surface area contributed by atoms with E-state index in [1.807, 2.05) is 26.1 Å². The first-order chi connectivity index (χ1) is 11.9. The Hall–Kier alpha value is -1.15. The zero-order valence-corrected chi connectivity index (χ0v) is 17.0. The summed E-state index contributed by atoms with van der Waals surface area (Å²) in [5.74, 6) is -0.00574. The molecule has 1 aliphatic heterocycles. The first-order valence-electron chi connectivity index (χ1n) is 8.99. The molecule has 1 aliphatic carbocycles. The number of amides is 1. The fourth-order valence-corrected chi connectivity index (χ4v) is 5.19. The summed E-state index contributed by atoms with van der Waals surface area (Å²) in [6, 6.07) is 5.52. The Bertz CT molecular complexity index is 746. The maximum absolute atomic E-state index is 12.9. The fraction of sp³-hybridized carbons (Fsp3) is 0.611. The Kier molecular flexibility index (Phi) is 7.07. The zero-order chi connectivity index (χ0) is 18.0. The molecule has 1 N–H and O–H groups in total. The number of rotatable bonds is 5. The summed E-state index contributed by atoms with van der Waals surface area (Å²) in [5.41, 5.74) is 2.43. The molecule has 6 nitrogen and oxygen atoms in total. The molecule has 3 rings (SSSR count). The lowest BCUT2D eigenvalue weighted by molar-refractivity contribution is -0.136. The molecule has 26 heavy (non-hydrogen) atoms. The Morgan fingerprint density at radius 2 is 1.81 bits per heavy atom. The summed E-state index contributed by atoms with van der Waals surface area (Å²) >= 11 is 0. The van der Waals surface area contributed by atoms with Gasteiger partial charge in [-0.1, -0.05) is 13.0 Å². The van der Waals surface area contributed by atoms with Crippen LogP contribution in [-0.4, -0.2) is 63.3 Å². The van der Waals surface area contributed by atoms with Crippen LogP contribution in [-0.2, 0) is 27.7 Å². The lowest BCUT2D eigenvalue weighted by Crippen LogP contribution is -2.52. The van der Waals surface area contributed by atoms with Crippen LogP contribution in [0.5, 0.6) is 0 Å². The van der Waals surface area contributed by atoms with Gasteiger partial charge in [-0.25, -0.2) is 8.42 Å². The largest absolute Gasteiger partial charge is 0.340 e. The van der Waals surface area contributed by atoms with Gasteiger partial charge in [0.2, 0.25) is 15.9 Å². The van der Waals surface area contributed by atoms with E-state index >= 15 is 0 Å². The topological polar surface area (TPSA) is 69.7 Å². The molecule has 8 heteroatoms. The molecule has 0 saturated carbocycles. The van der Waals surface area contributed by atoms with E-state index in [4.69, 9.17) is 0 Å². The van der Waals surface area contributed by atoms with Gasteiger partial charge in [-0.2, -0.15) is 4.31 Å². The van der Waals surface area contributed by atoms with Crippen molar-refractivity contribution in [2.24, 2.45) is 5.92 Å². The van der Waals surface area contributed by atoms with E-state index in [-0.39, 0.29) is 24.2 Å². The minimum absolute atomic E-state index is 0. The predicted octanol–water partition coefficient (Wildman–Crippen LogP) is 1.29. The molecule has 0 aromatic heterocycles. The number of nitrogens with zero attached hydrogens (tertiary/aromatic N) is 2. The molecule has 1 heterocycles. The first kappa shape index (κ1) is 21.2. The van der Waals surface area contributed by atoms with Crippen molar-refractivity contribution in [2.45, 2.75) is 31.1 Å². The SMILES string of the molecule is CNCC(C)C(=O)N1CCN(S(=O)(=O)c2ccc3c(c2)CCC3)CC1.Cl. The number of aryl methyl sites for hydroxylation is 2. The van der Waals surface area contributed by atoms with E-state index < -0.39 is 10.0 Å². The smallest absolute Gasteiger partial charge is 0.243 e. The van der Waals surface area contributed by atoms with Crippen molar-refractivity contribution >= 4 is 28.3 Å². The third kappa shape index (κ3) is 4.22. The molecule has 1 atom stereocenters. The van der Waals surface area contributed by atoms with Crippen LogP contribution in [0.15, 0.2) is 23.1 Å². The molecule has 2 aliphatic rings. The first-order valence-corrected chi connectivity index (χ1v) is 10.4. The van der Waals surface area contributed by atoms with Gasteiger partial charge in [0.15, 0.2) is 0 Å². The van der Waals surface area contributed by atoms with Crippen molar-refractivity contribution < 1.29 is 13.2 Å². The predicted molar refractivity (Wildman–Crippen MR) is 104 cm³/mol. The standard InChI is InChI=1S/C18H27N3O3S.ClH/c1-14(13-19-2)18(22)20-8-10-21(11-9-20)25(23,24)17-7-6-15-4-3-5-16(15)12-17;/h6-7,12,14,19H,3-5,8-11,13H2,1-2H3;1H. The molecule has 1 fully saturated rings. The van der Waals surface area contributed by atoms with Gasteiger partial charge in [-0.05, 0) is 49.6 Å². The van der Waals surface area contributed by atoms with Gasteiger partial charge >= 0.3 is 0 Å². The van der Waals surface area contributed by atoms with Gasteiger partial charge in [0.1, 0.15) is 0 Å². The van der Waals surface area contributed by atoms with Crippen molar-refractivity contribution in [2.75, 3.05) is 39.8 Å². The van der Waals surface area contributed by atoms with Crippen LogP contribution in [0.2, 0.25) is 0 Å². The Balaban J connectivity index is 0.00000243. The number of hydrogen-bond donors (Lipinski definition) is 1. The molecule has 1 amide bonds. The summed E-state index contributed by atoms with van der Waals surface area (Å²) in [5, 5.41) is 3.01. The van der Waals surface area contributed by atoms with Gasteiger partial charge in [0.25, 0.3) is 0 Å². The van der Waals surface area contributed by atoms with E-state index in [1.165, 1.54) is 9.87 Å². The van der Waals surface area contributed by atoms with Crippen LogP contribution in [0.1, 0.15) is 24.5 Å². The number of fused-ring (bicyclic) bond motifs is 1.